The molecule has 0 bridgehead atoms. The van der Waals surface area contributed by atoms with Crippen LogP contribution in [0.3, 0.4) is 0 Å². The Morgan fingerprint density at radius 3 is 2.33 bits per heavy atom. The summed E-state index contributed by atoms with van der Waals surface area (Å²) in [4.78, 5) is 0. The summed E-state index contributed by atoms with van der Waals surface area (Å²) >= 11 is 0. The zero-order valence-corrected chi connectivity index (χ0v) is 9.62. The first-order valence-corrected chi connectivity index (χ1v) is 5.54. The van der Waals surface area contributed by atoms with Crippen LogP contribution in [0.4, 0.5) is 14.5 Å². The molecule has 2 nitrogen and oxygen atoms in total. The Labute approximate surface area is 104 Å². The Morgan fingerprint density at radius 2 is 1.67 bits per heavy atom. The van der Waals surface area contributed by atoms with Gasteiger partial charge in [0.1, 0.15) is 18.2 Å². The molecule has 0 heterocycles. The monoisotopic (exact) mass is 248 g/mol. The second-order valence-corrected chi connectivity index (χ2v) is 3.90. The van der Waals surface area contributed by atoms with Crippen LogP contribution in [0.5, 0.6) is 0 Å². The lowest BCUT2D eigenvalue weighted by atomic mass is 10.1. The van der Waals surface area contributed by atoms with Gasteiger partial charge < -0.3 is 5.32 Å². The fraction of sp³-hybridized carbons (Fsp3) is 0.143. The molecule has 18 heavy (non-hydrogen) atoms. The highest BCUT2D eigenvalue weighted by atomic mass is 19.1. The molecular weight excluding hydrogens is 236 g/mol. The maximum absolute atomic E-state index is 13.4. The third-order valence-corrected chi connectivity index (χ3v) is 2.62. The van der Waals surface area contributed by atoms with Crippen LogP contribution >= 0.6 is 0 Å². The highest BCUT2D eigenvalue weighted by molar-refractivity contribution is 5.46. The predicted octanol–water partition coefficient (Wildman–Crippen LogP) is 3.51. The van der Waals surface area contributed by atoms with Crippen molar-refractivity contribution in [1.29, 1.82) is 0 Å². The van der Waals surface area contributed by atoms with Gasteiger partial charge in [0.15, 0.2) is 0 Å². The molecule has 2 aromatic rings. The van der Waals surface area contributed by atoms with Crippen LogP contribution in [0.25, 0.3) is 0 Å². The highest BCUT2D eigenvalue weighted by Crippen LogP contribution is 2.16. The number of halogens is 2. The number of rotatable bonds is 4. The van der Waals surface area contributed by atoms with Gasteiger partial charge in [-0.15, -0.1) is 0 Å². The van der Waals surface area contributed by atoms with E-state index in [9.17, 15) is 13.9 Å². The van der Waals surface area contributed by atoms with Crippen molar-refractivity contribution in [2.24, 2.45) is 0 Å². The topological polar surface area (TPSA) is 31.9 Å². The number of nitrogens with one attached hydrogen (secondary N) is 1. The summed E-state index contributed by atoms with van der Waals surface area (Å²) in [6.45, 7) is -0.273. The molecule has 0 saturated heterocycles. The third kappa shape index (κ3) is 2.84. The average molecular weight is 248 g/mol. The minimum Gasteiger partial charge on any atom is -0.381 e. The van der Waals surface area contributed by atoms with E-state index in [0.717, 1.165) is 0 Å². The van der Waals surface area contributed by atoms with Crippen LogP contribution in [0, 0.1) is 11.6 Å². The molecule has 0 aliphatic carbocycles. The van der Waals surface area contributed by atoms with Crippen molar-refractivity contribution in [1.82, 2.24) is 0 Å². The molecule has 0 amide bonds. The summed E-state index contributed by atoms with van der Waals surface area (Å²) in [5.74, 6) is -1.16. The summed E-state index contributed by atoms with van der Waals surface area (Å²) in [7, 11) is 0. The quantitative estimate of drug-likeness (QED) is 0.882. The Balaban J connectivity index is 2.11. The van der Waals surface area contributed by atoms with Gasteiger partial charge in [0.05, 0.1) is 0 Å². The van der Waals surface area contributed by atoms with Gasteiger partial charge in [-0.2, -0.15) is 0 Å². The number of benzene rings is 2. The average Bonchev–Trinajstić information content (AvgIpc) is 2.38. The molecular formula is C14H12F2NO. The van der Waals surface area contributed by atoms with Gasteiger partial charge in [0.25, 0.3) is 0 Å². The van der Waals surface area contributed by atoms with Crippen LogP contribution in [0.2, 0.25) is 0 Å². The van der Waals surface area contributed by atoms with Gasteiger partial charge in [0, 0.05) is 17.8 Å². The van der Waals surface area contributed by atoms with Crippen molar-refractivity contribution in [3.8, 4) is 0 Å². The molecule has 0 saturated carbocycles. The number of hydrogen-bond donors (Lipinski definition) is 1. The van der Waals surface area contributed by atoms with Crippen LogP contribution in [0.1, 0.15) is 11.1 Å². The number of anilines is 1. The molecule has 0 spiro atoms. The maximum atomic E-state index is 13.4. The molecule has 0 aromatic heterocycles. The zero-order valence-electron chi connectivity index (χ0n) is 9.62. The first-order valence-electron chi connectivity index (χ1n) is 5.54. The summed E-state index contributed by atoms with van der Waals surface area (Å²) < 4.78 is 26.7. The van der Waals surface area contributed by atoms with E-state index < -0.39 is 11.6 Å². The van der Waals surface area contributed by atoms with Crippen molar-refractivity contribution in [3.05, 3.63) is 65.2 Å². The SMILES string of the molecule is [O]Cc1cccc(NCc2c(F)cccc2F)c1. The number of hydrogen-bond acceptors (Lipinski definition) is 1. The van der Waals surface area contributed by atoms with E-state index in [-0.39, 0.29) is 18.7 Å². The fourth-order valence-corrected chi connectivity index (χ4v) is 1.66. The maximum Gasteiger partial charge on any atom is 0.131 e. The van der Waals surface area contributed by atoms with Gasteiger partial charge in [-0.1, -0.05) is 18.2 Å². The molecule has 4 heteroatoms. The second-order valence-electron chi connectivity index (χ2n) is 3.90. The van der Waals surface area contributed by atoms with Crippen molar-refractivity contribution in [2.45, 2.75) is 13.2 Å². The Bertz CT molecular complexity index is 523. The summed E-state index contributed by atoms with van der Waals surface area (Å²) in [5.41, 5.74) is 1.30. The first-order chi connectivity index (χ1) is 8.70. The molecule has 0 atom stereocenters. The third-order valence-electron chi connectivity index (χ3n) is 2.62. The molecule has 1 N–H and O–H groups in total. The van der Waals surface area contributed by atoms with Gasteiger partial charge >= 0.3 is 0 Å². The van der Waals surface area contributed by atoms with Gasteiger partial charge in [-0.25, -0.2) is 13.9 Å². The summed E-state index contributed by atoms with van der Waals surface area (Å²) in [6, 6.07) is 10.6. The van der Waals surface area contributed by atoms with Crippen LogP contribution in [-0.4, -0.2) is 0 Å². The smallest absolute Gasteiger partial charge is 0.131 e. The van der Waals surface area contributed by atoms with E-state index in [1.54, 1.807) is 24.3 Å². The van der Waals surface area contributed by atoms with E-state index in [0.29, 0.717) is 11.3 Å². The Morgan fingerprint density at radius 1 is 1.00 bits per heavy atom. The lowest BCUT2D eigenvalue weighted by molar-refractivity contribution is 0.177. The van der Waals surface area contributed by atoms with E-state index >= 15 is 0 Å². The van der Waals surface area contributed by atoms with Gasteiger partial charge in [-0.05, 0) is 29.8 Å². The standard InChI is InChI=1S/C14H12F2NO/c15-13-5-2-6-14(16)12(13)8-17-11-4-1-3-10(7-11)9-18/h1-7,17H,8-9H2. The van der Waals surface area contributed by atoms with Gasteiger partial charge in [0.2, 0.25) is 0 Å². The zero-order chi connectivity index (χ0) is 13.0. The fourth-order valence-electron chi connectivity index (χ4n) is 1.66. The molecule has 2 rings (SSSR count). The van der Waals surface area contributed by atoms with Crippen molar-refractivity contribution in [3.63, 3.8) is 0 Å². The molecule has 2 aromatic carbocycles. The lowest BCUT2D eigenvalue weighted by Gasteiger charge is -2.09. The largest absolute Gasteiger partial charge is 0.381 e. The molecule has 0 aliphatic rings. The lowest BCUT2D eigenvalue weighted by Crippen LogP contribution is -2.04. The second kappa shape index (κ2) is 5.60. The van der Waals surface area contributed by atoms with E-state index in [1.165, 1.54) is 18.2 Å². The molecule has 0 fully saturated rings. The van der Waals surface area contributed by atoms with Crippen molar-refractivity contribution < 1.29 is 13.9 Å². The van der Waals surface area contributed by atoms with E-state index in [2.05, 4.69) is 5.32 Å². The predicted molar refractivity (Wildman–Crippen MR) is 64.5 cm³/mol. The minimum absolute atomic E-state index is 0.00923. The normalized spacial score (nSPS) is 10.4. The van der Waals surface area contributed by atoms with Crippen LogP contribution in [0.15, 0.2) is 42.5 Å². The van der Waals surface area contributed by atoms with Crippen molar-refractivity contribution >= 4 is 5.69 Å². The Hall–Kier alpha value is -1.94. The molecule has 93 valence electrons. The summed E-state index contributed by atoms with van der Waals surface area (Å²) in [5, 5.41) is 13.6. The molecule has 0 aliphatic heterocycles. The van der Waals surface area contributed by atoms with E-state index in [4.69, 9.17) is 0 Å². The highest BCUT2D eigenvalue weighted by Gasteiger charge is 2.07. The minimum atomic E-state index is -0.581. The van der Waals surface area contributed by atoms with E-state index in [1.807, 2.05) is 0 Å². The Kier molecular flexibility index (Phi) is 3.89. The van der Waals surface area contributed by atoms with Crippen LogP contribution in [-0.2, 0) is 18.3 Å². The first kappa shape index (κ1) is 12.5. The molecule has 1 radical (unpaired) electrons. The van der Waals surface area contributed by atoms with Gasteiger partial charge in [-0.3, -0.25) is 0 Å². The molecule has 0 unspecified atom stereocenters. The summed E-state index contributed by atoms with van der Waals surface area (Å²) in [6.07, 6.45) is 0. The van der Waals surface area contributed by atoms with Crippen LogP contribution < -0.4 is 5.32 Å². The van der Waals surface area contributed by atoms with Crippen molar-refractivity contribution in [2.75, 3.05) is 5.32 Å².